The van der Waals surface area contributed by atoms with Crippen LogP contribution in [0.1, 0.15) is 29.8 Å². The monoisotopic (exact) mass is 234 g/mol. The van der Waals surface area contributed by atoms with Crippen LogP contribution in [0.2, 0.25) is 0 Å². The molecule has 0 atom stereocenters. The summed E-state index contributed by atoms with van der Waals surface area (Å²) in [5.74, 6) is 0.0238. The zero-order chi connectivity index (χ0) is 12.8. The Morgan fingerprint density at radius 1 is 1.35 bits per heavy atom. The summed E-state index contributed by atoms with van der Waals surface area (Å²) < 4.78 is 0. The summed E-state index contributed by atoms with van der Waals surface area (Å²) in [4.78, 5) is 24.2. The number of benzene rings is 1. The number of nitrogens with one attached hydrogen (secondary N) is 1. The maximum atomic E-state index is 12.1. The van der Waals surface area contributed by atoms with Crippen molar-refractivity contribution in [2.75, 3.05) is 18.4 Å². The van der Waals surface area contributed by atoms with Crippen molar-refractivity contribution < 1.29 is 9.59 Å². The van der Waals surface area contributed by atoms with E-state index in [0.29, 0.717) is 25.1 Å². The van der Waals surface area contributed by atoms with Gasteiger partial charge >= 0.3 is 0 Å². The third kappa shape index (κ3) is 3.06. The summed E-state index contributed by atoms with van der Waals surface area (Å²) in [5.41, 5.74) is 2.27. The fourth-order valence-electron chi connectivity index (χ4n) is 1.72. The first-order valence-corrected chi connectivity index (χ1v) is 5.74. The molecule has 4 heteroatoms. The first-order valence-electron chi connectivity index (χ1n) is 5.74. The van der Waals surface area contributed by atoms with Gasteiger partial charge in [0.05, 0.1) is 0 Å². The van der Waals surface area contributed by atoms with Crippen LogP contribution >= 0.6 is 0 Å². The molecule has 0 fully saturated rings. The van der Waals surface area contributed by atoms with Crippen molar-refractivity contribution >= 4 is 18.0 Å². The summed E-state index contributed by atoms with van der Waals surface area (Å²) in [6.07, 6.45) is 0.633. The van der Waals surface area contributed by atoms with E-state index in [1.54, 1.807) is 23.1 Å². The van der Waals surface area contributed by atoms with Gasteiger partial charge in [0.15, 0.2) is 0 Å². The average molecular weight is 234 g/mol. The van der Waals surface area contributed by atoms with E-state index in [9.17, 15) is 9.59 Å². The maximum absolute atomic E-state index is 12.1. The molecule has 0 saturated heterocycles. The number of hydrogen-bond acceptors (Lipinski definition) is 2. The third-order valence-electron chi connectivity index (χ3n) is 2.74. The van der Waals surface area contributed by atoms with Gasteiger partial charge in [-0.3, -0.25) is 9.59 Å². The zero-order valence-electron chi connectivity index (χ0n) is 10.5. The highest BCUT2D eigenvalue weighted by Gasteiger charge is 2.12. The first kappa shape index (κ1) is 13.2. The fourth-order valence-corrected chi connectivity index (χ4v) is 1.72. The molecular formula is C13H18N2O2. The number of carbonyl (C=O) groups excluding carboxylic acids is 2. The van der Waals surface area contributed by atoms with Gasteiger partial charge in [-0.1, -0.05) is 0 Å². The summed E-state index contributed by atoms with van der Waals surface area (Å²) >= 11 is 0. The number of amides is 2. The van der Waals surface area contributed by atoms with Crippen LogP contribution in [0.15, 0.2) is 18.2 Å². The Bertz CT molecular complexity index is 412. The van der Waals surface area contributed by atoms with Gasteiger partial charge in [-0.25, -0.2) is 0 Å². The molecule has 0 radical (unpaired) electrons. The average Bonchev–Trinajstić information content (AvgIpc) is 2.33. The lowest BCUT2D eigenvalue weighted by Crippen LogP contribution is -2.30. The van der Waals surface area contributed by atoms with Gasteiger partial charge < -0.3 is 10.2 Å². The van der Waals surface area contributed by atoms with Crippen LogP contribution in [-0.2, 0) is 4.79 Å². The van der Waals surface area contributed by atoms with E-state index in [2.05, 4.69) is 5.32 Å². The minimum Gasteiger partial charge on any atom is -0.339 e. The van der Waals surface area contributed by atoms with Gasteiger partial charge in [0.1, 0.15) is 0 Å². The molecule has 0 unspecified atom stereocenters. The van der Waals surface area contributed by atoms with Gasteiger partial charge in [-0.2, -0.15) is 0 Å². The highest BCUT2D eigenvalue weighted by molar-refractivity contribution is 5.95. The molecule has 4 nitrogen and oxygen atoms in total. The van der Waals surface area contributed by atoms with Crippen LogP contribution in [0.5, 0.6) is 0 Å². The van der Waals surface area contributed by atoms with Crippen LogP contribution < -0.4 is 5.32 Å². The lowest BCUT2D eigenvalue weighted by Gasteiger charge is -2.19. The number of aryl methyl sites for hydroxylation is 1. The molecule has 0 aliphatic rings. The van der Waals surface area contributed by atoms with Crippen LogP contribution in [0.4, 0.5) is 5.69 Å². The van der Waals surface area contributed by atoms with Crippen molar-refractivity contribution in [1.29, 1.82) is 0 Å². The highest BCUT2D eigenvalue weighted by Crippen LogP contribution is 2.17. The SMILES string of the molecule is CCN(CC)C(=O)c1ccc(NC=O)c(C)c1. The molecule has 0 saturated carbocycles. The number of anilines is 1. The minimum atomic E-state index is 0.0238. The van der Waals surface area contributed by atoms with E-state index in [4.69, 9.17) is 0 Å². The number of hydrogen-bond donors (Lipinski definition) is 1. The second-order valence-electron chi connectivity index (χ2n) is 3.77. The molecule has 0 aromatic heterocycles. The summed E-state index contributed by atoms with van der Waals surface area (Å²) in [6, 6.07) is 5.28. The Labute approximate surface area is 102 Å². The van der Waals surface area contributed by atoms with Crippen molar-refractivity contribution in [1.82, 2.24) is 4.90 Å². The van der Waals surface area contributed by atoms with Gasteiger partial charge in [0.25, 0.3) is 5.91 Å². The Morgan fingerprint density at radius 3 is 2.47 bits per heavy atom. The predicted molar refractivity (Wildman–Crippen MR) is 68.1 cm³/mol. The first-order chi connectivity index (χ1) is 8.13. The Morgan fingerprint density at radius 2 is 2.00 bits per heavy atom. The minimum absolute atomic E-state index is 0.0238. The van der Waals surface area contributed by atoms with Gasteiger partial charge in [0.2, 0.25) is 6.41 Å². The van der Waals surface area contributed by atoms with Gasteiger partial charge in [-0.05, 0) is 44.5 Å². The Hall–Kier alpha value is -1.84. The molecule has 1 aromatic carbocycles. The van der Waals surface area contributed by atoms with Gasteiger partial charge in [0, 0.05) is 24.3 Å². The molecule has 1 rings (SSSR count). The quantitative estimate of drug-likeness (QED) is 0.793. The van der Waals surface area contributed by atoms with Crippen molar-refractivity contribution in [3.63, 3.8) is 0 Å². The molecule has 0 bridgehead atoms. The molecule has 0 aliphatic carbocycles. The summed E-state index contributed by atoms with van der Waals surface area (Å²) in [5, 5.41) is 2.59. The summed E-state index contributed by atoms with van der Waals surface area (Å²) in [7, 11) is 0. The second-order valence-corrected chi connectivity index (χ2v) is 3.77. The molecule has 1 N–H and O–H groups in total. The lowest BCUT2D eigenvalue weighted by molar-refractivity contribution is -0.105. The van der Waals surface area contributed by atoms with E-state index >= 15 is 0 Å². The second kappa shape index (κ2) is 6.03. The number of rotatable bonds is 5. The highest BCUT2D eigenvalue weighted by atomic mass is 16.2. The summed E-state index contributed by atoms with van der Waals surface area (Å²) in [6.45, 7) is 7.17. The molecular weight excluding hydrogens is 216 g/mol. The van der Waals surface area contributed by atoms with Crippen molar-refractivity contribution in [3.05, 3.63) is 29.3 Å². The zero-order valence-corrected chi connectivity index (χ0v) is 10.5. The van der Waals surface area contributed by atoms with Crippen molar-refractivity contribution in [2.45, 2.75) is 20.8 Å². The van der Waals surface area contributed by atoms with E-state index in [1.807, 2.05) is 20.8 Å². The largest absolute Gasteiger partial charge is 0.339 e. The van der Waals surface area contributed by atoms with E-state index in [-0.39, 0.29) is 5.91 Å². The van der Waals surface area contributed by atoms with E-state index in [1.165, 1.54) is 0 Å². The van der Waals surface area contributed by atoms with Gasteiger partial charge in [-0.15, -0.1) is 0 Å². The Balaban J connectivity index is 2.96. The topological polar surface area (TPSA) is 49.4 Å². The van der Waals surface area contributed by atoms with Crippen LogP contribution in [0.25, 0.3) is 0 Å². The number of nitrogens with zero attached hydrogens (tertiary/aromatic N) is 1. The van der Waals surface area contributed by atoms with Crippen LogP contribution in [0.3, 0.4) is 0 Å². The van der Waals surface area contributed by atoms with E-state index < -0.39 is 0 Å². The van der Waals surface area contributed by atoms with Crippen LogP contribution in [0, 0.1) is 6.92 Å². The molecule has 0 heterocycles. The molecule has 92 valence electrons. The standard InChI is InChI=1S/C13H18N2O2/c1-4-15(5-2)13(17)11-6-7-12(14-9-16)10(3)8-11/h6-9H,4-5H2,1-3H3,(H,14,16). The molecule has 2 amide bonds. The third-order valence-corrected chi connectivity index (χ3v) is 2.74. The molecule has 0 spiro atoms. The van der Waals surface area contributed by atoms with Crippen molar-refractivity contribution in [3.8, 4) is 0 Å². The molecule has 1 aromatic rings. The molecule has 0 aliphatic heterocycles. The van der Waals surface area contributed by atoms with Crippen molar-refractivity contribution in [2.24, 2.45) is 0 Å². The fraction of sp³-hybridized carbons (Fsp3) is 0.385. The molecule has 17 heavy (non-hydrogen) atoms. The predicted octanol–water partition coefficient (Wildman–Crippen LogP) is 2.05. The number of carbonyl (C=O) groups is 2. The Kier molecular flexibility index (Phi) is 4.69. The lowest BCUT2D eigenvalue weighted by atomic mass is 10.1. The normalized spacial score (nSPS) is 9.82. The maximum Gasteiger partial charge on any atom is 0.253 e. The van der Waals surface area contributed by atoms with E-state index in [0.717, 1.165) is 11.3 Å². The smallest absolute Gasteiger partial charge is 0.253 e. The van der Waals surface area contributed by atoms with Crippen LogP contribution in [-0.4, -0.2) is 30.3 Å².